The van der Waals surface area contributed by atoms with Crippen molar-refractivity contribution in [3.8, 4) is 0 Å². The van der Waals surface area contributed by atoms with Gasteiger partial charge in [-0.25, -0.2) is 0 Å². The van der Waals surface area contributed by atoms with Crippen molar-refractivity contribution in [3.63, 3.8) is 0 Å². The molecule has 5 nitrogen and oxygen atoms in total. The van der Waals surface area contributed by atoms with E-state index in [0.717, 1.165) is 5.56 Å². The number of hydrogen-bond donors (Lipinski definition) is 0. The molecule has 1 aromatic rings. The predicted molar refractivity (Wildman–Crippen MR) is 89.2 cm³/mol. The van der Waals surface area contributed by atoms with Crippen LogP contribution in [0.25, 0.3) is 0 Å². The van der Waals surface area contributed by atoms with Crippen LogP contribution in [-0.2, 0) is 9.22 Å². The summed E-state index contributed by atoms with van der Waals surface area (Å²) < 4.78 is 6.14. The van der Waals surface area contributed by atoms with Crippen LogP contribution < -0.4 is 0 Å². The standard InChI is InChI=1S/C16H25NO4Si/c1-16(2,3)22(4,5)21-15(12-18)14(11-17(19)20)13-9-7-6-8-10-13/h6-10,12,14-15H,11H2,1-5H3/t14-,15-/m1/s1. The van der Waals surface area contributed by atoms with Crippen LogP contribution in [0.1, 0.15) is 32.3 Å². The molecule has 0 saturated heterocycles. The van der Waals surface area contributed by atoms with Crippen LogP contribution in [-0.4, -0.2) is 32.2 Å². The molecule has 122 valence electrons. The van der Waals surface area contributed by atoms with Gasteiger partial charge in [0.05, 0.1) is 5.92 Å². The number of carbonyl (C=O) groups excluding carboxylic acids is 1. The van der Waals surface area contributed by atoms with Gasteiger partial charge in [-0.2, -0.15) is 0 Å². The zero-order valence-electron chi connectivity index (χ0n) is 13.9. The van der Waals surface area contributed by atoms with Crippen molar-refractivity contribution in [2.24, 2.45) is 0 Å². The summed E-state index contributed by atoms with van der Waals surface area (Å²) in [6, 6.07) is 9.09. The Morgan fingerprint density at radius 3 is 2.23 bits per heavy atom. The highest BCUT2D eigenvalue weighted by molar-refractivity contribution is 6.74. The third kappa shape index (κ3) is 4.74. The van der Waals surface area contributed by atoms with E-state index in [4.69, 9.17) is 4.43 Å². The fourth-order valence-electron chi connectivity index (χ4n) is 1.98. The second-order valence-corrected chi connectivity index (χ2v) is 11.8. The van der Waals surface area contributed by atoms with Gasteiger partial charge < -0.3 is 9.22 Å². The molecule has 0 N–H and O–H groups in total. The molecular weight excluding hydrogens is 298 g/mol. The van der Waals surface area contributed by atoms with E-state index < -0.39 is 20.3 Å². The van der Waals surface area contributed by atoms with E-state index in [2.05, 4.69) is 20.8 Å². The first-order chi connectivity index (χ1) is 10.1. The molecule has 0 aromatic heterocycles. The highest BCUT2D eigenvalue weighted by Crippen LogP contribution is 2.38. The summed E-state index contributed by atoms with van der Waals surface area (Å²) in [6.07, 6.45) is -0.0875. The molecule has 6 heteroatoms. The topological polar surface area (TPSA) is 69.4 Å². The van der Waals surface area contributed by atoms with Crippen molar-refractivity contribution in [3.05, 3.63) is 46.0 Å². The van der Waals surface area contributed by atoms with Crippen molar-refractivity contribution in [2.45, 2.75) is 50.9 Å². The highest BCUT2D eigenvalue weighted by atomic mass is 28.4. The van der Waals surface area contributed by atoms with Crippen LogP contribution in [0.2, 0.25) is 18.1 Å². The van der Waals surface area contributed by atoms with Crippen molar-refractivity contribution >= 4 is 14.6 Å². The molecule has 0 aliphatic heterocycles. The van der Waals surface area contributed by atoms with Crippen molar-refractivity contribution in [1.29, 1.82) is 0 Å². The van der Waals surface area contributed by atoms with E-state index >= 15 is 0 Å². The first kappa shape index (κ1) is 18.5. The molecule has 0 heterocycles. The highest BCUT2D eigenvalue weighted by Gasteiger charge is 2.42. The van der Waals surface area contributed by atoms with Crippen molar-refractivity contribution in [2.75, 3.05) is 6.54 Å². The normalized spacial score (nSPS) is 15.1. The summed E-state index contributed by atoms with van der Waals surface area (Å²) in [5.74, 6) is -0.567. The Morgan fingerprint density at radius 2 is 1.82 bits per heavy atom. The molecule has 1 rings (SSSR count). The summed E-state index contributed by atoms with van der Waals surface area (Å²) >= 11 is 0. The average Bonchev–Trinajstić information content (AvgIpc) is 2.42. The molecule has 0 spiro atoms. The lowest BCUT2D eigenvalue weighted by Crippen LogP contribution is -2.46. The molecule has 2 atom stereocenters. The number of nitro groups is 1. The lowest BCUT2D eigenvalue weighted by Gasteiger charge is -2.39. The minimum atomic E-state index is -2.19. The number of nitrogens with zero attached hydrogens (tertiary/aromatic N) is 1. The fourth-order valence-corrected chi connectivity index (χ4v) is 3.24. The van der Waals surface area contributed by atoms with Gasteiger partial charge in [-0.05, 0) is 23.7 Å². The molecule has 0 bridgehead atoms. The Bertz CT molecular complexity index is 511. The van der Waals surface area contributed by atoms with Crippen LogP contribution in [0.5, 0.6) is 0 Å². The maximum Gasteiger partial charge on any atom is 0.213 e. The van der Waals surface area contributed by atoms with Crippen molar-refractivity contribution < 1.29 is 14.1 Å². The second-order valence-electron chi connectivity index (χ2n) is 7.01. The minimum Gasteiger partial charge on any atom is -0.406 e. The van der Waals surface area contributed by atoms with E-state index in [1.807, 2.05) is 31.3 Å². The monoisotopic (exact) mass is 323 g/mol. The lowest BCUT2D eigenvalue weighted by molar-refractivity contribution is -0.484. The van der Waals surface area contributed by atoms with Crippen LogP contribution in [0, 0.1) is 10.1 Å². The van der Waals surface area contributed by atoms with Gasteiger partial charge in [-0.1, -0.05) is 51.1 Å². The van der Waals surface area contributed by atoms with Crippen LogP contribution >= 0.6 is 0 Å². The molecule has 0 amide bonds. The van der Waals surface area contributed by atoms with Gasteiger partial charge in [0, 0.05) is 4.92 Å². The number of aldehydes is 1. The van der Waals surface area contributed by atoms with E-state index in [-0.39, 0.29) is 16.5 Å². The molecule has 0 saturated carbocycles. The van der Waals surface area contributed by atoms with Gasteiger partial charge >= 0.3 is 0 Å². The smallest absolute Gasteiger partial charge is 0.213 e. The van der Waals surface area contributed by atoms with Gasteiger partial charge in [-0.15, -0.1) is 0 Å². The third-order valence-electron chi connectivity index (χ3n) is 4.34. The summed E-state index contributed by atoms with van der Waals surface area (Å²) in [7, 11) is -2.19. The summed E-state index contributed by atoms with van der Waals surface area (Å²) in [5.41, 5.74) is 0.759. The Hall–Kier alpha value is -1.53. The Balaban J connectivity index is 3.10. The van der Waals surface area contributed by atoms with Crippen LogP contribution in [0.15, 0.2) is 30.3 Å². The van der Waals surface area contributed by atoms with Gasteiger partial charge in [-0.3, -0.25) is 10.1 Å². The Labute approximate surface area is 133 Å². The summed E-state index contributed by atoms with van der Waals surface area (Å²) in [6.45, 7) is 9.99. The van der Waals surface area contributed by atoms with Gasteiger partial charge in [0.25, 0.3) is 0 Å². The van der Waals surface area contributed by atoms with Gasteiger partial charge in [0.1, 0.15) is 12.4 Å². The van der Waals surface area contributed by atoms with E-state index in [0.29, 0.717) is 6.29 Å². The maximum absolute atomic E-state index is 11.6. The SMILES string of the molecule is CC(C)(C)[Si](C)(C)O[C@H](C=O)[C@H](C[N+](=O)[O-])c1ccccc1. The average molecular weight is 323 g/mol. The molecule has 0 unspecified atom stereocenters. The molecule has 0 aliphatic carbocycles. The minimum absolute atomic E-state index is 0.0654. The fraction of sp³-hybridized carbons (Fsp3) is 0.562. The molecular formula is C16H25NO4Si. The first-order valence-electron chi connectivity index (χ1n) is 7.38. The quantitative estimate of drug-likeness (QED) is 0.332. The zero-order chi connectivity index (χ0) is 17.0. The van der Waals surface area contributed by atoms with E-state index in [9.17, 15) is 14.9 Å². The molecule has 22 heavy (non-hydrogen) atoms. The third-order valence-corrected chi connectivity index (χ3v) is 8.81. The number of carbonyl (C=O) groups is 1. The van der Waals surface area contributed by atoms with Gasteiger partial charge in [0.15, 0.2) is 8.32 Å². The van der Waals surface area contributed by atoms with Crippen LogP contribution in [0.4, 0.5) is 0 Å². The predicted octanol–water partition coefficient (Wildman–Crippen LogP) is 3.64. The van der Waals surface area contributed by atoms with Crippen molar-refractivity contribution in [1.82, 2.24) is 0 Å². The summed E-state index contributed by atoms with van der Waals surface area (Å²) in [4.78, 5) is 22.2. The number of benzene rings is 1. The maximum atomic E-state index is 11.6. The van der Waals surface area contributed by atoms with E-state index in [1.165, 1.54) is 0 Å². The van der Waals surface area contributed by atoms with Gasteiger partial charge in [0.2, 0.25) is 6.54 Å². The molecule has 0 radical (unpaired) electrons. The largest absolute Gasteiger partial charge is 0.406 e. The first-order valence-corrected chi connectivity index (χ1v) is 10.3. The Kier molecular flexibility index (Phi) is 6.02. The lowest BCUT2D eigenvalue weighted by atomic mass is 9.94. The Morgan fingerprint density at radius 1 is 1.27 bits per heavy atom. The second kappa shape index (κ2) is 7.15. The molecule has 1 aromatic carbocycles. The molecule has 0 aliphatic rings. The number of hydrogen-bond acceptors (Lipinski definition) is 4. The summed E-state index contributed by atoms with van der Waals surface area (Å²) in [5, 5.41) is 10.9. The zero-order valence-corrected chi connectivity index (χ0v) is 14.9. The molecule has 0 fully saturated rings. The number of rotatable bonds is 7. The van der Waals surface area contributed by atoms with Crippen LogP contribution in [0.3, 0.4) is 0 Å². The van der Waals surface area contributed by atoms with E-state index in [1.54, 1.807) is 12.1 Å².